The second kappa shape index (κ2) is 9.17. The highest BCUT2D eigenvalue weighted by Gasteiger charge is 2.74. The zero-order valence-corrected chi connectivity index (χ0v) is 25.3. The number of allylic oxidation sites excluding steroid dienone is 2. The Morgan fingerprint density at radius 1 is 1.05 bits per heavy atom. The molecule has 8 heteroatoms. The highest BCUT2D eigenvalue weighted by Crippen LogP contribution is 2.74. The van der Waals surface area contributed by atoms with Gasteiger partial charge in [0.25, 0.3) is 0 Å². The molecular formula is C32H46O8. The molecule has 0 heterocycles. The Balaban J connectivity index is 1.75. The molecule has 0 unspecified atom stereocenters. The van der Waals surface area contributed by atoms with Crippen molar-refractivity contribution in [2.75, 3.05) is 0 Å². The second-order valence-electron chi connectivity index (χ2n) is 14.8. The highest BCUT2D eigenvalue weighted by molar-refractivity contribution is 5.98. The molecule has 222 valence electrons. The van der Waals surface area contributed by atoms with E-state index in [4.69, 9.17) is 4.74 Å². The minimum atomic E-state index is -1.99. The topological polar surface area (TPSA) is 138 Å². The first-order valence-electron chi connectivity index (χ1n) is 14.4. The van der Waals surface area contributed by atoms with Crippen molar-refractivity contribution >= 4 is 23.3 Å². The largest absolute Gasteiger partial charge is 0.456 e. The lowest BCUT2D eigenvalue weighted by Crippen LogP contribution is -2.65. The molecule has 3 fully saturated rings. The molecule has 4 rings (SSSR count). The molecule has 8 nitrogen and oxygen atoms in total. The fourth-order valence-electron chi connectivity index (χ4n) is 9.40. The number of carbonyl (C=O) groups is 4. The Morgan fingerprint density at radius 2 is 1.65 bits per heavy atom. The number of ketones is 3. The monoisotopic (exact) mass is 558 g/mol. The fraction of sp³-hybridized carbons (Fsp3) is 0.750. The lowest BCUT2D eigenvalue weighted by molar-refractivity contribution is -0.183. The molecule has 0 aromatic rings. The van der Waals surface area contributed by atoms with Gasteiger partial charge in [0.15, 0.2) is 11.6 Å². The summed E-state index contributed by atoms with van der Waals surface area (Å²) in [5.74, 6) is -2.85. The number of carbonyl (C=O) groups excluding carboxylic acids is 4. The summed E-state index contributed by atoms with van der Waals surface area (Å²) in [4.78, 5) is 52.1. The van der Waals surface area contributed by atoms with Gasteiger partial charge in [0.05, 0.1) is 6.10 Å². The predicted octanol–water partition coefficient (Wildman–Crippen LogP) is 3.50. The number of fused-ring (bicyclic) bond motifs is 5. The lowest BCUT2D eigenvalue weighted by atomic mass is 9.38. The summed E-state index contributed by atoms with van der Waals surface area (Å²) in [6.07, 6.45) is 3.55. The maximum Gasteiger partial charge on any atom is 0.303 e. The van der Waals surface area contributed by atoms with Crippen LogP contribution >= 0.6 is 0 Å². The van der Waals surface area contributed by atoms with Crippen LogP contribution in [0.5, 0.6) is 0 Å². The number of hydrogen-bond acceptors (Lipinski definition) is 8. The van der Waals surface area contributed by atoms with Crippen molar-refractivity contribution in [2.45, 2.75) is 111 Å². The van der Waals surface area contributed by atoms with E-state index < -0.39 is 62.7 Å². The Morgan fingerprint density at radius 3 is 2.23 bits per heavy atom. The highest BCUT2D eigenvalue weighted by atomic mass is 16.6. The van der Waals surface area contributed by atoms with E-state index in [1.807, 2.05) is 27.7 Å². The molecular weight excluding hydrogens is 512 g/mol. The molecule has 0 aromatic carbocycles. The van der Waals surface area contributed by atoms with Crippen molar-refractivity contribution in [3.8, 4) is 0 Å². The number of hydrogen-bond donors (Lipinski definition) is 3. The number of ether oxygens (including phenoxy) is 1. The summed E-state index contributed by atoms with van der Waals surface area (Å²) in [5, 5.41) is 34.0. The van der Waals surface area contributed by atoms with E-state index in [1.165, 1.54) is 26.0 Å². The van der Waals surface area contributed by atoms with Gasteiger partial charge in [-0.25, -0.2) is 0 Å². The number of aliphatic hydroxyl groups excluding tert-OH is 2. The van der Waals surface area contributed by atoms with Gasteiger partial charge in [-0.15, -0.1) is 0 Å². The average molecular weight is 559 g/mol. The van der Waals surface area contributed by atoms with Crippen LogP contribution in [0.3, 0.4) is 0 Å². The zero-order chi connectivity index (χ0) is 30.4. The van der Waals surface area contributed by atoms with Gasteiger partial charge >= 0.3 is 5.97 Å². The van der Waals surface area contributed by atoms with Crippen LogP contribution in [0.25, 0.3) is 0 Å². The van der Waals surface area contributed by atoms with Crippen LogP contribution in [-0.2, 0) is 23.9 Å². The molecule has 4 aliphatic rings. The Kier molecular flexibility index (Phi) is 7.06. The lowest BCUT2D eigenvalue weighted by Gasteiger charge is -2.64. The molecule has 0 bridgehead atoms. The number of rotatable bonds is 5. The van der Waals surface area contributed by atoms with E-state index in [-0.39, 0.29) is 36.2 Å². The molecule has 40 heavy (non-hydrogen) atoms. The molecule has 0 aliphatic heterocycles. The summed E-state index contributed by atoms with van der Waals surface area (Å²) in [5.41, 5.74) is -5.43. The van der Waals surface area contributed by atoms with Crippen LogP contribution < -0.4 is 0 Å². The molecule has 9 atom stereocenters. The van der Waals surface area contributed by atoms with Crippen LogP contribution in [-0.4, -0.2) is 62.0 Å². The van der Waals surface area contributed by atoms with E-state index in [0.717, 1.165) is 5.57 Å². The number of aliphatic hydroxyl groups is 3. The summed E-state index contributed by atoms with van der Waals surface area (Å²) in [6.45, 7) is 15.4. The van der Waals surface area contributed by atoms with Gasteiger partial charge in [0.1, 0.15) is 23.1 Å². The van der Waals surface area contributed by atoms with Gasteiger partial charge in [0.2, 0.25) is 0 Å². The Labute approximate surface area is 237 Å². The standard InChI is InChI=1S/C32H46O8/c1-17(33)40-27(2,3)13-12-23(36)32(9,39)25-21(35)15-29(6)22-11-10-18-19(14-20(34)26(38)28(18,4)5)31(22,8)24(37)16-30(25,29)7/h10,12-13,19-22,25,34-35,39H,11,14-16H2,1-9H3/b13-12+/t19-,20-,21+,22-,25+,29+,30+,31-,32-/m0/s1. The summed E-state index contributed by atoms with van der Waals surface area (Å²) < 4.78 is 5.23. The smallest absolute Gasteiger partial charge is 0.303 e. The van der Waals surface area contributed by atoms with Crippen LogP contribution in [0.1, 0.15) is 88.0 Å². The molecule has 4 aliphatic carbocycles. The van der Waals surface area contributed by atoms with Crippen molar-refractivity contribution < 1.29 is 39.2 Å². The third kappa shape index (κ3) is 4.11. The molecule has 3 N–H and O–H groups in total. The first kappa shape index (κ1) is 30.8. The van der Waals surface area contributed by atoms with Crippen LogP contribution in [0.4, 0.5) is 0 Å². The quantitative estimate of drug-likeness (QED) is 0.265. The zero-order valence-electron chi connectivity index (χ0n) is 25.3. The van der Waals surface area contributed by atoms with Gasteiger partial charge in [-0.2, -0.15) is 0 Å². The predicted molar refractivity (Wildman–Crippen MR) is 148 cm³/mol. The SMILES string of the molecule is CC(=O)OC(C)(C)/C=C/C(=O)[C@](C)(O)[C@@H]1[C@H](O)C[C@]2(C)[C@@H]3CC=C4[C@H](C[C@H](O)C(=O)C4(C)C)[C@]3(C)C(=O)C[C@]12C. The normalized spacial score (nSPS) is 42.4. The molecule has 0 aromatic heterocycles. The summed E-state index contributed by atoms with van der Waals surface area (Å²) in [6, 6.07) is 0. The minimum absolute atomic E-state index is 0.0284. The van der Waals surface area contributed by atoms with Gasteiger partial charge in [-0.05, 0) is 88.7 Å². The Hall–Kier alpha value is -2.16. The van der Waals surface area contributed by atoms with Gasteiger partial charge in [0, 0.05) is 30.1 Å². The van der Waals surface area contributed by atoms with Crippen molar-refractivity contribution in [1.29, 1.82) is 0 Å². The fourth-order valence-corrected chi connectivity index (χ4v) is 9.40. The molecule has 0 spiro atoms. The molecule has 3 saturated carbocycles. The van der Waals surface area contributed by atoms with E-state index in [9.17, 15) is 34.5 Å². The average Bonchev–Trinajstić information content (AvgIpc) is 3.01. The van der Waals surface area contributed by atoms with E-state index in [0.29, 0.717) is 12.8 Å². The number of esters is 1. The van der Waals surface area contributed by atoms with Gasteiger partial charge in [-0.1, -0.05) is 32.4 Å². The van der Waals surface area contributed by atoms with Gasteiger partial charge < -0.3 is 20.1 Å². The van der Waals surface area contributed by atoms with Crippen molar-refractivity contribution in [1.82, 2.24) is 0 Å². The van der Waals surface area contributed by atoms with Crippen molar-refractivity contribution in [3.05, 3.63) is 23.8 Å². The molecule has 0 saturated heterocycles. The van der Waals surface area contributed by atoms with Crippen molar-refractivity contribution in [3.63, 3.8) is 0 Å². The number of Topliss-reactive ketones (excluding diaryl/α,β-unsaturated/α-hetero) is 2. The maximum atomic E-state index is 14.3. The molecule has 0 radical (unpaired) electrons. The third-order valence-corrected chi connectivity index (χ3v) is 11.5. The summed E-state index contributed by atoms with van der Waals surface area (Å²) in [7, 11) is 0. The van der Waals surface area contributed by atoms with E-state index in [1.54, 1.807) is 13.8 Å². The van der Waals surface area contributed by atoms with Gasteiger partial charge in [-0.3, -0.25) is 19.2 Å². The Bertz CT molecular complexity index is 1210. The second-order valence-corrected chi connectivity index (χ2v) is 14.8. The summed E-state index contributed by atoms with van der Waals surface area (Å²) >= 11 is 0. The van der Waals surface area contributed by atoms with Crippen LogP contribution in [0.15, 0.2) is 23.8 Å². The van der Waals surface area contributed by atoms with Crippen LogP contribution in [0, 0.1) is 39.4 Å². The maximum absolute atomic E-state index is 14.3. The van der Waals surface area contributed by atoms with E-state index in [2.05, 4.69) is 13.0 Å². The van der Waals surface area contributed by atoms with E-state index >= 15 is 0 Å². The first-order chi connectivity index (χ1) is 18.1. The third-order valence-electron chi connectivity index (χ3n) is 11.5. The van der Waals surface area contributed by atoms with Crippen molar-refractivity contribution in [2.24, 2.45) is 39.4 Å². The van der Waals surface area contributed by atoms with Crippen LogP contribution in [0.2, 0.25) is 0 Å². The molecule has 0 amide bonds. The minimum Gasteiger partial charge on any atom is -0.456 e. The first-order valence-corrected chi connectivity index (χ1v) is 14.4.